The smallest absolute Gasteiger partial charge is 0.240 e. The topological polar surface area (TPSA) is 76.0 Å². The molecule has 0 saturated heterocycles. The second kappa shape index (κ2) is 9.63. The summed E-state index contributed by atoms with van der Waals surface area (Å²) in [5.41, 5.74) is 2.51. The molecule has 0 aliphatic carbocycles. The Morgan fingerprint density at radius 1 is 1.10 bits per heavy atom. The standard InChI is InChI=1S/C23H32N4O2S2/c1-7-16(4)26-31(28,29)20-11-12-21-22(14-20)27(17(5)15(2)3)23(25-21)24-18-9-8-10-19(13-18)30-6/h8-17,26H,7H2,1-6H3,(H,24,25). The van der Waals surface area contributed by atoms with Crippen molar-refractivity contribution in [2.24, 2.45) is 5.92 Å². The van der Waals surface area contributed by atoms with Crippen LogP contribution in [0.4, 0.5) is 11.6 Å². The maximum absolute atomic E-state index is 12.9. The maximum atomic E-state index is 12.9. The summed E-state index contributed by atoms with van der Waals surface area (Å²) in [4.78, 5) is 6.22. The molecule has 31 heavy (non-hydrogen) atoms. The molecule has 0 spiro atoms. The summed E-state index contributed by atoms with van der Waals surface area (Å²) in [7, 11) is -3.60. The summed E-state index contributed by atoms with van der Waals surface area (Å²) in [6.07, 6.45) is 2.78. The van der Waals surface area contributed by atoms with Crippen LogP contribution in [0.2, 0.25) is 0 Å². The first-order chi connectivity index (χ1) is 14.7. The van der Waals surface area contributed by atoms with E-state index in [9.17, 15) is 8.42 Å². The number of anilines is 2. The lowest BCUT2D eigenvalue weighted by Crippen LogP contribution is -2.32. The number of thioether (sulfide) groups is 1. The molecule has 2 unspecified atom stereocenters. The van der Waals surface area contributed by atoms with Gasteiger partial charge in [0.1, 0.15) is 0 Å². The summed E-state index contributed by atoms with van der Waals surface area (Å²) in [5, 5.41) is 3.45. The molecule has 2 atom stereocenters. The fourth-order valence-corrected chi connectivity index (χ4v) is 5.09. The Morgan fingerprint density at radius 3 is 2.48 bits per heavy atom. The first-order valence-electron chi connectivity index (χ1n) is 10.6. The molecule has 0 radical (unpaired) electrons. The van der Waals surface area contributed by atoms with Gasteiger partial charge in [-0.3, -0.25) is 0 Å². The quantitative estimate of drug-likeness (QED) is 0.395. The minimum absolute atomic E-state index is 0.122. The molecule has 0 saturated carbocycles. The van der Waals surface area contributed by atoms with Crippen molar-refractivity contribution < 1.29 is 8.42 Å². The van der Waals surface area contributed by atoms with Gasteiger partial charge < -0.3 is 9.88 Å². The van der Waals surface area contributed by atoms with E-state index in [0.717, 1.165) is 28.0 Å². The van der Waals surface area contributed by atoms with Crippen molar-refractivity contribution in [3.05, 3.63) is 42.5 Å². The van der Waals surface area contributed by atoms with Gasteiger partial charge >= 0.3 is 0 Å². The summed E-state index contributed by atoms with van der Waals surface area (Å²) >= 11 is 1.68. The van der Waals surface area contributed by atoms with Gasteiger partial charge in [-0.25, -0.2) is 18.1 Å². The normalized spacial score (nSPS) is 14.2. The molecule has 2 aromatic carbocycles. The van der Waals surface area contributed by atoms with E-state index >= 15 is 0 Å². The Morgan fingerprint density at radius 2 is 1.84 bits per heavy atom. The van der Waals surface area contributed by atoms with Gasteiger partial charge in [0, 0.05) is 22.7 Å². The monoisotopic (exact) mass is 460 g/mol. The minimum atomic E-state index is -3.60. The number of benzene rings is 2. The molecule has 0 amide bonds. The molecule has 3 rings (SSSR count). The molecule has 0 aliphatic rings. The molecule has 8 heteroatoms. The van der Waals surface area contributed by atoms with Gasteiger partial charge in [0.15, 0.2) is 0 Å². The Hall–Kier alpha value is -2.03. The van der Waals surface area contributed by atoms with Crippen LogP contribution in [0.25, 0.3) is 11.0 Å². The van der Waals surface area contributed by atoms with Gasteiger partial charge in [-0.2, -0.15) is 0 Å². The molecule has 1 aromatic heterocycles. The minimum Gasteiger partial charge on any atom is -0.326 e. The number of imidazole rings is 1. The van der Waals surface area contributed by atoms with Crippen LogP contribution in [0, 0.1) is 5.92 Å². The molecule has 2 N–H and O–H groups in total. The van der Waals surface area contributed by atoms with Gasteiger partial charge in [-0.1, -0.05) is 26.8 Å². The zero-order chi connectivity index (χ0) is 22.8. The van der Waals surface area contributed by atoms with Crippen molar-refractivity contribution in [1.29, 1.82) is 0 Å². The predicted octanol–water partition coefficient (Wildman–Crippen LogP) is 5.80. The number of nitrogens with one attached hydrogen (secondary N) is 2. The zero-order valence-corrected chi connectivity index (χ0v) is 20.6. The van der Waals surface area contributed by atoms with Crippen LogP contribution < -0.4 is 10.0 Å². The summed E-state index contributed by atoms with van der Waals surface area (Å²) in [6.45, 7) is 10.3. The maximum Gasteiger partial charge on any atom is 0.240 e. The average molecular weight is 461 g/mol. The molecule has 1 heterocycles. The molecule has 0 fully saturated rings. The van der Waals surface area contributed by atoms with Crippen LogP contribution in [0.5, 0.6) is 0 Å². The Labute approximate surface area is 189 Å². The Balaban J connectivity index is 2.11. The Bertz CT molecular complexity index is 1160. The van der Waals surface area contributed by atoms with Gasteiger partial charge in [-0.15, -0.1) is 11.8 Å². The largest absolute Gasteiger partial charge is 0.326 e. The van der Waals surface area contributed by atoms with E-state index in [-0.39, 0.29) is 17.0 Å². The van der Waals surface area contributed by atoms with E-state index in [2.05, 4.69) is 47.5 Å². The van der Waals surface area contributed by atoms with Crippen molar-refractivity contribution in [3.63, 3.8) is 0 Å². The number of hydrogen-bond acceptors (Lipinski definition) is 5. The molecular weight excluding hydrogens is 428 g/mol. The molecular formula is C23H32N4O2S2. The van der Waals surface area contributed by atoms with Gasteiger partial charge in [0.2, 0.25) is 16.0 Å². The molecule has 168 valence electrons. The fourth-order valence-electron chi connectivity index (χ4n) is 3.28. The zero-order valence-electron chi connectivity index (χ0n) is 19.0. The van der Waals surface area contributed by atoms with Crippen molar-refractivity contribution in [3.8, 4) is 0 Å². The number of fused-ring (bicyclic) bond motifs is 1. The first-order valence-corrected chi connectivity index (χ1v) is 13.3. The van der Waals surface area contributed by atoms with Crippen LogP contribution in [-0.4, -0.2) is 30.3 Å². The van der Waals surface area contributed by atoms with Crippen LogP contribution in [-0.2, 0) is 10.0 Å². The van der Waals surface area contributed by atoms with Crippen molar-refractivity contribution >= 4 is 44.5 Å². The van der Waals surface area contributed by atoms with Gasteiger partial charge in [0.25, 0.3) is 0 Å². The number of nitrogens with zero attached hydrogens (tertiary/aromatic N) is 2. The molecule has 3 aromatic rings. The highest BCUT2D eigenvalue weighted by Gasteiger charge is 2.22. The van der Waals surface area contributed by atoms with Crippen molar-refractivity contribution in [2.75, 3.05) is 11.6 Å². The lowest BCUT2D eigenvalue weighted by molar-refractivity contribution is 0.421. The lowest BCUT2D eigenvalue weighted by Gasteiger charge is -2.22. The van der Waals surface area contributed by atoms with E-state index in [4.69, 9.17) is 4.98 Å². The van der Waals surface area contributed by atoms with E-state index in [1.54, 1.807) is 30.0 Å². The second-order valence-electron chi connectivity index (χ2n) is 8.23. The fraction of sp³-hybridized carbons (Fsp3) is 0.435. The highest BCUT2D eigenvalue weighted by Crippen LogP contribution is 2.32. The molecule has 6 nitrogen and oxygen atoms in total. The lowest BCUT2D eigenvalue weighted by atomic mass is 10.1. The highest BCUT2D eigenvalue weighted by atomic mass is 32.2. The van der Waals surface area contributed by atoms with E-state index in [1.807, 2.05) is 32.2 Å². The molecule has 0 aliphatic heterocycles. The van der Waals surface area contributed by atoms with E-state index in [1.165, 1.54) is 0 Å². The Kier molecular flexibility index (Phi) is 7.34. The van der Waals surface area contributed by atoms with E-state index < -0.39 is 10.0 Å². The highest BCUT2D eigenvalue weighted by molar-refractivity contribution is 7.98. The number of aromatic nitrogens is 2. The van der Waals surface area contributed by atoms with Crippen LogP contribution in [0.3, 0.4) is 0 Å². The average Bonchev–Trinajstić information content (AvgIpc) is 3.09. The second-order valence-corrected chi connectivity index (χ2v) is 10.8. The van der Waals surface area contributed by atoms with Crippen molar-refractivity contribution in [2.45, 2.75) is 62.9 Å². The summed E-state index contributed by atoms with van der Waals surface area (Å²) in [5.74, 6) is 1.05. The van der Waals surface area contributed by atoms with Crippen LogP contribution in [0.15, 0.2) is 52.3 Å². The van der Waals surface area contributed by atoms with Gasteiger partial charge in [-0.05, 0) is 68.8 Å². The first kappa shape index (κ1) is 23.6. The van der Waals surface area contributed by atoms with Crippen LogP contribution >= 0.6 is 11.8 Å². The van der Waals surface area contributed by atoms with Crippen molar-refractivity contribution in [1.82, 2.24) is 14.3 Å². The van der Waals surface area contributed by atoms with Crippen LogP contribution in [0.1, 0.15) is 47.1 Å². The third-order valence-electron chi connectivity index (χ3n) is 5.64. The molecule has 0 bridgehead atoms. The predicted molar refractivity (Wildman–Crippen MR) is 131 cm³/mol. The number of hydrogen-bond donors (Lipinski definition) is 2. The SMILES string of the molecule is CCC(C)NS(=O)(=O)c1ccc2nc(Nc3cccc(SC)c3)n(C(C)C(C)C)c2c1. The third-order valence-corrected chi connectivity index (χ3v) is 7.95. The van der Waals surface area contributed by atoms with E-state index in [0.29, 0.717) is 11.9 Å². The summed E-state index contributed by atoms with van der Waals surface area (Å²) < 4.78 is 30.6. The summed E-state index contributed by atoms with van der Waals surface area (Å²) in [6, 6.07) is 13.3. The third kappa shape index (κ3) is 5.25. The number of sulfonamides is 1. The van der Waals surface area contributed by atoms with Gasteiger partial charge in [0.05, 0.1) is 15.9 Å². The number of rotatable bonds is 9.